The molecule has 1 fully saturated rings. The summed E-state index contributed by atoms with van der Waals surface area (Å²) in [7, 11) is 1.65. The Morgan fingerprint density at radius 2 is 1.82 bits per heavy atom. The van der Waals surface area contributed by atoms with E-state index in [0.29, 0.717) is 19.6 Å². The molecular formula is C21H26N4O3. The van der Waals surface area contributed by atoms with Crippen molar-refractivity contribution in [1.29, 1.82) is 0 Å². The molecule has 0 N–H and O–H groups in total. The number of carbonyl (C=O) groups is 2. The highest BCUT2D eigenvalue weighted by Crippen LogP contribution is 2.20. The van der Waals surface area contributed by atoms with Crippen LogP contribution in [0.5, 0.6) is 5.75 Å². The van der Waals surface area contributed by atoms with E-state index in [1.807, 2.05) is 41.3 Å². The first-order valence-electron chi connectivity index (χ1n) is 9.38. The number of amides is 2. The zero-order chi connectivity index (χ0) is 19.9. The molecule has 1 aromatic heterocycles. The van der Waals surface area contributed by atoms with E-state index in [-0.39, 0.29) is 18.4 Å². The zero-order valence-electron chi connectivity index (χ0n) is 16.4. The first-order valence-corrected chi connectivity index (χ1v) is 9.38. The van der Waals surface area contributed by atoms with Gasteiger partial charge in [-0.25, -0.2) is 0 Å². The molecule has 2 amide bonds. The number of benzene rings is 1. The van der Waals surface area contributed by atoms with Crippen LogP contribution in [0.25, 0.3) is 0 Å². The predicted molar refractivity (Wildman–Crippen MR) is 107 cm³/mol. The van der Waals surface area contributed by atoms with Gasteiger partial charge in [-0.2, -0.15) is 0 Å². The van der Waals surface area contributed by atoms with Crippen LogP contribution in [0.15, 0.2) is 48.8 Å². The lowest BCUT2D eigenvalue weighted by Gasteiger charge is -2.37. The third-order valence-electron chi connectivity index (χ3n) is 4.94. The zero-order valence-corrected chi connectivity index (χ0v) is 16.4. The standard InChI is InChI=1S/C21H26N4O3/c1-17(26)25(15-18-4-3-9-22-14-18)16-21(27)24-12-10-23(11-13-24)19-5-7-20(28-2)8-6-19/h3-9,14H,10-13,15-16H2,1-2H3. The van der Waals surface area contributed by atoms with Crippen molar-refractivity contribution in [2.75, 3.05) is 44.7 Å². The van der Waals surface area contributed by atoms with Gasteiger partial charge >= 0.3 is 0 Å². The number of nitrogens with zero attached hydrogens (tertiary/aromatic N) is 4. The molecule has 1 saturated heterocycles. The summed E-state index contributed by atoms with van der Waals surface area (Å²) in [5, 5.41) is 0. The fourth-order valence-corrected chi connectivity index (χ4v) is 3.26. The number of rotatable bonds is 6. The molecule has 0 unspecified atom stereocenters. The van der Waals surface area contributed by atoms with Gasteiger partial charge in [0, 0.05) is 57.7 Å². The van der Waals surface area contributed by atoms with Crippen LogP contribution in [0.3, 0.4) is 0 Å². The molecule has 148 valence electrons. The Labute approximate surface area is 165 Å². The highest BCUT2D eigenvalue weighted by Gasteiger charge is 2.24. The summed E-state index contributed by atoms with van der Waals surface area (Å²) in [4.78, 5) is 34.4. The maximum atomic E-state index is 12.7. The van der Waals surface area contributed by atoms with Crippen LogP contribution in [0.4, 0.5) is 5.69 Å². The number of hydrogen-bond donors (Lipinski definition) is 0. The molecule has 0 bridgehead atoms. The van der Waals surface area contributed by atoms with Crippen LogP contribution in [0.1, 0.15) is 12.5 Å². The lowest BCUT2D eigenvalue weighted by Crippen LogP contribution is -2.51. The van der Waals surface area contributed by atoms with Gasteiger partial charge in [-0.05, 0) is 35.9 Å². The minimum absolute atomic E-state index is 0.0199. The van der Waals surface area contributed by atoms with E-state index in [9.17, 15) is 9.59 Å². The predicted octanol–water partition coefficient (Wildman–Crippen LogP) is 1.79. The fraction of sp³-hybridized carbons (Fsp3) is 0.381. The van der Waals surface area contributed by atoms with Crippen LogP contribution in [0.2, 0.25) is 0 Å². The molecule has 1 aliphatic heterocycles. The van der Waals surface area contributed by atoms with Gasteiger partial charge < -0.3 is 19.4 Å². The van der Waals surface area contributed by atoms with Crippen molar-refractivity contribution in [2.24, 2.45) is 0 Å². The van der Waals surface area contributed by atoms with Crippen molar-refractivity contribution < 1.29 is 14.3 Å². The Balaban J connectivity index is 1.54. The number of anilines is 1. The van der Waals surface area contributed by atoms with Gasteiger partial charge in [-0.15, -0.1) is 0 Å². The minimum atomic E-state index is -0.117. The third-order valence-corrected chi connectivity index (χ3v) is 4.94. The van der Waals surface area contributed by atoms with Gasteiger partial charge in [-0.3, -0.25) is 14.6 Å². The summed E-state index contributed by atoms with van der Waals surface area (Å²) in [5.74, 6) is 0.693. The summed E-state index contributed by atoms with van der Waals surface area (Å²) in [6.45, 7) is 4.78. The van der Waals surface area contributed by atoms with Crippen LogP contribution in [-0.2, 0) is 16.1 Å². The Kier molecular flexibility index (Phi) is 6.47. The fourth-order valence-electron chi connectivity index (χ4n) is 3.26. The van der Waals surface area contributed by atoms with Gasteiger partial charge in [0.05, 0.1) is 7.11 Å². The van der Waals surface area contributed by atoms with Crippen molar-refractivity contribution in [3.05, 3.63) is 54.4 Å². The quantitative estimate of drug-likeness (QED) is 0.762. The second kappa shape index (κ2) is 9.21. The summed E-state index contributed by atoms with van der Waals surface area (Å²) in [6, 6.07) is 11.7. The Bertz CT molecular complexity index is 787. The average Bonchev–Trinajstić information content (AvgIpc) is 2.74. The third kappa shape index (κ3) is 5.00. The van der Waals surface area contributed by atoms with Gasteiger partial charge in [0.1, 0.15) is 12.3 Å². The highest BCUT2D eigenvalue weighted by atomic mass is 16.5. The Hall–Kier alpha value is -3.09. The number of ether oxygens (including phenoxy) is 1. The Morgan fingerprint density at radius 3 is 2.39 bits per heavy atom. The summed E-state index contributed by atoms with van der Waals surface area (Å²) in [6.07, 6.45) is 3.41. The van der Waals surface area contributed by atoms with E-state index >= 15 is 0 Å². The van der Waals surface area contributed by atoms with Gasteiger partial charge in [0.25, 0.3) is 0 Å². The van der Waals surface area contributed by atoms with Crippen LogP contribution >= 0.6 is 0 Å². The number of pyridine rings is 1. The van der Waals surface area contributed by atoms with Crippen molar-refractivity contribution in [3.63, 3.8) is 0 Å². The van der Waals surface area contributed by atoms with Crippen molar-refractivity contribution in [1.82, 2.24) is 14.8 Å². The normalized spacial score (nSPS) is 13.9. The lowest BCUT2D eigenvalue weighted by molar-refractivity contribution is -0.140. The molecule has 7 heteroatoms. The van der Waals surface area contributed by atoms with Crippen LogP contribution in [0, 0.1) is 0 Å². The first kappa shape index (κ1) is 19.7. The Morgan fingerprint density at radius 1 is 1.11 bits per heavy atom. The van der Waals surface area contributed by atoms with Crippen LogP contribution < -0.4 is 9.64 Å². The second-order valence-corrected chi connectivity index (χ2v) is 6.80. The van der Waals surface area contributed by atoms with Gasteiger partial charge in [0.2, 0.25) is 11.8 Å². The molecular weight excluding hydrogens is 356 g/mol. The number of piperazine rings is 1. The highest BCUT2D eigenvalue weighted by molar-refractivity contribution is 5.84. The molecule has 0 radical (unpaired) electrons. The van der Waals surface area contributed by atoms with E-state index in [2.05, 4.69) is 9.88 Å². The molecule has 2 aromatic rings. The maximum absolute atomic E-state index is 12.7. The van der Waals surface area contributed by atoms with Crippen molar-refractivity contribution in [2.45, 2.75) is 13.5 Å². The molecule has 0 aliphatic carbocycles. The average molecular weight is 382 g/mol. The second-order valence-electron chi connectivity index (χ2n) is 6.80. The molecule has 28 heavy (non-hydrogen) atoms. The number of aromatic nitrogens is 1. The molecule has 0 saturated carbocycles. The summed E-state index contributed by atoms with van der Waals surface area (Å²) in [5.41, 5.74) is 2.03. The number of methoxy groups -OCH3 is 1. The van der Waals surface area contributed by atoms with Crippen molar-refractivity contribution >= 4 is 17.5 Å². The lowest BCUT2D eigenvalue weighted by atomic mass is 10.2. The van der Waals surface area contributed by atoms with Crippen LogP contribution in [-0.4, -0.2) is 66.4 Å². The van der Waals surface area contributed by atoms with Gasteiger partial charge in [0.15, 0.2) is 0 Å². The van der Waals surface area contributed by atoms with E-state index in [4.69, 9.17) is 4.74 Å². The first-order chi connectivity index (χ1) is 13.6. The molecule has 1 aliphatic rings. The van der Waals surface area contributed by atoms with Crippen molar-refractivity contribution in [3.8, 4) is 5.75 Å². The topological polar surface area (TPSA) is 66.0 Å². The monoisotopic (exact) mass is 382 g/mol. The van der Waals surface area contributed by atoms with E-state index in [0.717, 1.165) is 30.1 Å². The van der Waals surface area contributed by atoms with Gasteiger partial charge in [-0.1, -0.05) is 6.07 Å². The van der Waals surface area contributed by atoms with E-state index < -0.39 is 0 Å². The summed E-state index contributed by atoms with van der Waals surface area (Å²) >= 11 is 0. The van der Waals surface area contributed by atoms with E-state index in [1.54, 1.807) is 24.4 Å². The SMILES string of the molecule is COc1ccc(N2CCN(C(=O)CN(Cc3cccnc3)C(C)=O)CC2)cc1. The summed E-state index contributed by atoms with van der Waals surface area (Å²) < 4.78 is 5.20. The number of hydrogen-bond acceptors (Lipinski definition) is 5. The van der Waals surface area contributed by atoms with E-state index in [1.165, 1.54) is 6.92 Å². The smallest absolute Gasteiger partial charge is 0.242 e. The molecule has 2 heterocycles. The molecule has 0 spiro atoms. The number of carbonyl (C=O) groups excluding carboxylic acids is 2. The molecule has 7 nitrogen and oxygen atoms in total. The minimum Gasteiger partial charge on any atom is -0.497 e. The molecule has 3 rings (SSSR count). The maximum Gasteiger partial charge on any atom is 0.242 e. The largest absolute Gasteiger partial charge is 0.497 e. The molecule has 1 aromatic carbocycles. The molecule has 0 atom stereocenters.